The van der Waals surface area contributed by atoms with Crippen molar-refractivity contribution in [3.05, 3.63) is 65.7 Å². The molecule has 3 aliphatic heterocycles. The number of fused-ring (bicyclic) bond motifs is 3. The van der Waals surface area contributed by atoms with Gasteiger partial charge >= 0.3 is 6.09 Å². The molecule has 43 heavy (non-hydrogen) atoms. The number of carbonyl (C=O) groups excluding carboxylic acids is 3. The first-order valence-corrected chi connectivity index (χ1v) is 18.1. The highest BCUT2D eigenvalue weighted by atomic mass is 28.4. The Morgan fingerprint density at radius 2 is 1.79 bits per heavy atom. The number of carbonyl (C=O) groups is 3. The maximum Gasteiger partial charge on any atom is 0.410 e. The summed E-state index contributed by atoms with van der Waals surface area (Å²) in [5.41, 5.74) is 1.63. The molecule has 1 N–H and O–H groups in total. The number of hydrogen-bond acceptors (Lipinski definition) is 6. The lowest BCUT2D eigenvalue weighted by Gasteiger charge is -2.42. The molecule has 10 heteroatoms. The van der Waals surface area contributed by atoms with Crippen LogP contribution in [0.4, 0.5) is 10.5 Å². The molecule has 0 radical (unpaired) electrons. The average Bonchev–Trinajstić information content (AvgIpc) is 3.49. The van der Waals surface area contributed by atoms with Gasteiger partial charge in [-0.2, -0.15) is 0 Å². The van der Waals surface area contributed by atoms with E-state index in [1.807, 2.05) is 61.5 Å². The van der Waals surface area contributed by atoms with Crippen molar-refractivity contribution >= 4 is 31.9 Å². The number of anilines is 1. The Balaban J connectivity index is 1.44. The Kier molecular flexibility index (Phi) is 8.50. The molecule has 5 atom stereocenters. The summed E-state index contributed by atoms with van der Waals surface area (Å²) in [5, 5.41) is 3.05. The van der Waals surface area contributed by atoms with Crippen LogP contribution in [0.25, 0.3) is 0 Å². The van der Waals surface area contributed by atoms with Gasteiger partial charge in [0.1, 0.15) is 18.8 Å². The van der Waals surface area contributed by atoms with E-state index in [9.17, 15) is 14.4 Å². The fourth-order valence-electron chi connectivity index (χ4n) is 6.23. The van der Waals surface area contributed by atoms with Crippen LogP contribution >= 0.6 is 0 Å². The van der Waals surface area contributed by atoms with Gasteiger partial charge in [-0.1, -0.05) is 69.3 Å². The Bertz CT molecular complexity index is 1360. The van der Waals surface area contributed by atoms with Crippen LogP contribution in [0.15, 0.2) is 54.6 Å². The van der Waals surface area contributed by atoms with Crippen LogP contribution in [0.1, 0.15) is 51.7 Å². The number of amides is 3. The van der Waals surface area contributed by atoms with Crippen molar-refractivity contribution in [2.75, 3.05) is 25.5 Å². The van der Waals surface area contributed by atoms with Crippen molar-refractivity contribution in [1.82, 2.24) is 9.80 Å². The lowest BCUT2D eigenvalue weighted by atomic mass is 9.79. The van der Waals surface area contributed by atoms with Crippen molar-refractivity contribution in [3.63, 3.8) is 0 Å². The first-order valence-electron chi connectivity index (χ1n) is 15.2. The van der Waals surface area contributed by atoms with E-state index in [4.69, 9.17) is 13.9 Å². The third kappa shape index (κ3) is 5.97. The topological polar surface area (TPSA) is 97.4 Å². The molecular weight excluding hydrogens is 562 g/mol. The van der Waals surface area contributed by atoms with Crippen LogP contribution in [0, 0.1) is 0 Å². The lowest BCUT2D eigenvalue weighted by Crippen LogP contribution is -2.58. The van der Waals surface area contributed by atoms with Gasteiger partial charge in [-0.05, 0) is 48.7 Å². The molecular formula is C33H45N3O6Si. The summed E-state index contributed by atoms with van der Waals surface area (Å²) in [6.07, 6.45) is -0.638. The zero-order valence-electron chi connectivity index (χ0n) is 26.4. The van der Waals surface area contributed by atoms with Crippen molar-refractivity contribution in [2.45, 2.75) is 95.0 Å². The summed E-state index contributed by atoms with van der Waals surface area (Å²) in [4.78, 5) is 44.5. The highest BCUT2D eigenvalue weighted by molar-refractivity contribution is 6.74. The summed E-state index contributed by atoms with van der Waals surface area (Å²) in [6.45, 7) is 13.5. The van der Waals surface area contributed by atoms with Gasteiger partial charge in [0.25, 0.3) is 0 Å². The van der Waals surface area contributed by atoms with Crippen molar-refractivity contribution in [3.8, 4) is 0 Å². The summed E-state index contributed by atoms with van der Waals surface area (Å²) in [7, 11) is -0.530. The Hall–Kier alpha value is -3.21. The molecule has 0 aromatic heterocycles. The first-order chi connectivity index (χ1) is 20.2. The molecule has 3 amide bonds. The number of rotatable bonds is 6. The molecule has 2 fully saturated rings. The molecule has 2 saturated heterocycles. The molecule has 1 spiro atoms. The monoisotopic (exact) mass is 607 g/mol. The SMILES string of the molecule is CC1C[C@H](N(C)C(=O)OCc2ccccc2)C(=O)N2C[C@]3(C[C@H]2C(CO[Si](C)(C)C(C)(C)C)O1)C(=O)Nc1ccccc13. The van der Waals surface area contributed by atoms with Gasteiger partial charge < -0.3 is 24.1 Å². The van der Waals surface area contributed by atoms with Crippen LogP contribution < -0.4 is 5.32 Å². The Labute approximate surface area is 256 Å². The molecule has 2 aromatic carbocycles. The van der Waals surface area contributed by atoms with Gasteiger partial charge in [-0.15, -0.1) is 0 Å². The smallest absolute Gasteiger partial charge is 0.410 e. The van der Waals surface area contributed by atoms with Crippen molar-refractivity contribution in [2.24, 2.45) is 0 Å². The summed E-state index contributed by atoms with van der Waals surface area (Å²) in [6, 6.07) is 15.9. The summed E-state index contributed by atoms with van der Waals surface area (Å²) < 4.78 is 18.9. The number of likely N-dealkylation sites (N-methyl/N-ethyl adjacent to an activating group) is 1. The van der Waals surface area contributed by atoms with Crippen LogP contribution in [0.3, 0.4) is 0 Å². The van der Waals surface area contributed by atoms with Crippen LogP contribution in [-0.2, 0) is 35.5 Å². The molecule has 9 nitrogen and oxygen atoms in total. The number of nitrogens with one attached hydrogen (secondary N) is 1. The normalized spacial score (nSPS) is 27.3. The van der Waals surface area contributed by atoms with Crippen LogP contribution in [-0.4, -0.2) is 80.5 Å². The fourth-order valence-corrected chi connectivity index (χ4v) is 7.24. The van der Waals surface area contributed by atoms with Gasteiger partial charge in [-0.3, -0.25) is 14.5 Å². The van der Waals surface area contributed by atoms with E-state index in [1.165, 1.54) is 4.90 Å². The third-order valence-corrected chi connectivity index (χ3v) is 14.4. The number of nitrogens with zero attached hydrogens (tertiary/aromatic N) is 2. The quantitative estimate of drug-likeness (QED) is 0.447. The zero-order chi connectivity index (χ0) is 31.2. The molecule has 232 valence electrons. The van der Waals surface area contributed by atoms with Gasteiger partial charge in [-0.25, -0.2) is 4.79 Å². The fraction of sp³-hybridized carbons (Fsp3) is 0.545. The Morgan fingerprint density at radius 1 is 1.12 bits per heavy atom. The largest absolute Gasteiger partial charge is 0.445 e. The predicted octanol–water partition coefficient (Wildman–Crippen LogP) is 5.31. The molecule has 3 heterocycles. The van der Waals surface area contributed by atoms with E-state index < -0.39 is 38.0 Å². The van der Waals surface area contributed by atoms with Crippen molar-refractivity contribution < 1.29 is 28.3 Å². The number of para-hydroxylation sites is 1. The highest BCUT2D eigenvalue weighted by Crippen LogP contribution is 2.48. The van der Waals surface area contributed by atoms with Gasteiger partial charge in [0.15, 0.2) is 8.32 Å². The van der Waals surface area contributed by atoms with E-state index in [0.717, 1.165) is 16.8 Å². The maximum absolute atomic E-state index is 14.5. The van der Waals surface area contributed by atoms with E-state index in [2.05, 4.69) is 39.2 Å². The predicted molar refractivity (Wildman–Crippen MR) is 167 cm³/mol. The molecule has 2 unspecified atom stereocenters. The maximum atomic E-state index is 14.5. The molecule has 2 aromatic rings. The molecule has 3 aliphatic rings. The summed E-state index contributed by atoms with van der Waals surface area (Å²) >= 11 is 0. The van der Waals surface area contributed by atoms with E-state index in [0.29, 0.717) is 19.4 Å². The molecule has 0 aliphatic carbocycles. The van der Waals surface area contributed by atoms with Gasteiger partial charge in [0.2, 0.25) is 11.8 Å². The third-order valence-electron chi connectivity index (χ3n) is 9.86. The second kappa shape index (κ2) is 11.7. The minimum Gasteiger partial charge on any atom is -0.445 e. The second-order valence-electron chi connectivity index (χ2n) is 13.8. The van der Waals surface area contributed by atoms with Crippen LogP contribution in [0.5, 0.6) is 0 Å². The van der Waals surface area contributed by atoms with E-state index >= 15 is 0 Å². The highest BCUT2D eigenvalue weighted by Gasteiger charge is 2.59. The van der Waals surface area contributed by atoms with Crippen molar-refractivity contribution in [1.29, 1.82) is 0 Å². The van der Waals surface area contributed by atoms with Gasteiger partial charge in [0.05, 0.1) is 24.2 Å². The average molecular weight is 608 g/mol. The molecule has 0 saturated carbocycles. The second-order valence-corrected chi connectivity index (χ2v) is 18.6. The van der Waals surface area contributed by atoms with E-state index in [1.54, 1.807) is 11.9 Å². The number of benzene rings is 2. The van der Waals surface area contributed by atoms with Crippen LogP contribution in [0.2, 0.25) is 18.1 Å². The lowest BCUT2D eigenvalue weighted by molar-refractivity contribution is -0.151. The summed E-state index contributed by atoms with van der Waals surface area (Å²) in [5.74, 6) is -0.316. The molecule has 5 rings (SSSR count). The zero-order valence-corrected chi connectivity index (χ0v) is 27.4. The number of hydrogen-bond donors (Lipinski definition) is 1. The first kappa shape index (κ1) is 31.2. The van der Waals surface area contributed by atoms with Gasteiger partial charge in [0, 0.05) is 25.7 Å². The van der Waals surface area contributed by atoms with E-state index in [-0.39, 0.29) is 36.1 Å². The minimum atomic E-state index is -2.13. The minimum absolute atomic E-state index is 0.00480. The Morgan fingerprint density at radius 3 is 2.49 bits per heavy atom. The molecule has 0 bridgehead atoms. The standard InChI is InChI=1S/C33H45N3O6Si/c1-22-17-26(35(5)31(39)40-19-23-13-9-8-10-14-23)29(37)36-21-33(24-15-11-12-16-25(24)34-30(33)38)18-27(36)28(42-22)20-41-43(6,7)32(2,3)4/h8-16,22,26-28H,17-21H2,1-7H3,(H,34,38)/t22?,26-,27-,28?,33-/m0/s1. The number of ether oxygens (including phenoxy) is 2.